The number of carbonyl (C=O) groups excluding carboxylic acids is 1. The van der Waals surface area contributed by atoms with Crippen molar-refractivity contribution in [3.63, 3.8) is 0 Å². The van der Waals surface area contributed by atoms with Crippen LogP contribution in [0.1, 0.15) is 21.7 Å². The summed E-state index contributed by atoms with van der Waals surface area (Å²) < 4.78 is 7.36. The number of aryl methyl sites for hydroxylation is 1. The van der Waals surface area contributed by atoms with Gasteiger partial charge < -0.3 is 4.74 Å². The predicted octanol–water partition coefficient (Wildman–Crippen LogP) is 2.97. The molecule has 1 heterocycles. The Hall–Kier alpha value is -2.95. The van der Waals surface area contributed by atoms with Crippen molar-refractivity contribution in [2.24, 2.45) is 0 Å². The molecule has 0 saturated carbocycles. The molecule has 0 radical (unpaired) electrons. The van der Waals surface area contributed by atoms with E-state index in [1.807, 2.05) is 61.5 Å². The molecular formula is C17H15N3O2. The van der Waals surface area contributed by atoms with Crippen LogP contribution in [0.4, 0.5) is 0 Å². The van der Waals surface area contributed by atoms with Crippen LogP contribution in [0.15, 0.2) is 54.6 Å². The molecule has 0 atom stereocenters. The summed E-state index contributed by atoms with van der Waals surface area (Å²) in [7, 11) is 0. The number of rotatable bonds is 5. The van der Waals surface area contributed by atoms with Gasteiger partial charge in [-0.05, 0) is 36.8 Å². The molecule has 0 aliphatic carbocycles. The Morgan fingerprint density at radius 3 is 2.68 bits per heavy atom. The lowest BCUT2D eigenvalue weighted by atomic mass is 10.2. The number of aldehydes is 1. The minimum atomic E-state index is 0.221. The van der Waals surface area contributed by atoms with Gasteiger partial charge in [-0.25, -0.2) is 4.68 Å². The van der Waals surface area contributed by atoms with Gasteiger partial charge in [0.2, 0.25) is 0 Å². The molecule has 0 fully saturated rings. The van der Waals surface area contributed by atoms with E-state index in [1.54, 1.807) is 4.68 Å². The van der Waals surface area contributed by atoms with Crippen molar-refractivity contribution >= 4 is 6.29 Å². The lowest BCUT2D eigenvalue weighted by molar-refractivity contribution is 0.111. The van der Waals surface area contributed by atoms with Crippen molar-refractivity contribution in [1.82, 2.24) is 15.0 Å². The van der Waals surface area contributed by atoms with Crippen molar-refractivity contribution < 1.29 is 9.53 Å². The largest absolute Gasteiger partial charge is 0.487 e. The van der Waals surface area contributed by atoms with Crippen LogP contribution in [0.3, 0.4) is 0 Å². The maximum atomic E-state index is 11.2. The van der Waals surface area contributed by atoms with Gasteiger partial charge in [0.1, 0.15) is 18.1 Å². The van der Waals surface area contributed by atoms with Gasteiger partial charge in [-0.15, -0.1) is 5.10 Å². The fourth-order valence-electron chi connectivity index (χ4n) is 2.18. The molecule has 0 aliphatic rings. The SMILES string of the molecule is Cc1cccc(-n2nnc(C=O)c2COc2ccccc2)c1. The van der Waals surface area contributed by atoms with Crippen molar-refractivity contribution in [3.05, 3.63) is 71.5 Å². The normalized spacial score (nSPS) is 10.4. The van der Waals surface area contributed by atoms with Crippen LogP contribution >= 0.6 is 0 Å². The van der Waals surface area contributed by atoms with Gasteiger partial charge in [0.05, 0.1) is 5.69 Å². The van der Waals surface area contributed by atoms with Gasteiger partial charge in [0.25, 0.3) is 0 Å². The molecule has 3 rings (SSSR count). The lowest BCUT2D eigenvalue weighted by Gasteiger charge is -2.09. The van der Waals surface area contributed by atoms with Gasteiger partial charge in [-0.3, -0.25) is 4.79 Å². The number of benzene rings is 2. The highest BCUT2D eigenvalue weighted by atomic mass is 16.5. The van der Waals surface area contributed by atoms with Crippen LogP contribution < -0.4 is 4.74 Å². The third kappa shape index (κ3) is 2.88. The van der Waals surface area contributed by atoms with Crippen LogP contribution in [0.25, 0.3) is 5.69 Å². The first-order valence-corrected chi connectivity index (χ1v) is 6.92. The monoisotopic (exact) mass is 293 g/mol. The van der Waals surface area contributed by atoms with Gasteiger partial charge in [0.15, 0.2) is 12.0 Å². The molecule has 0 unspecified atom stereocenters. The zero-order chi connectivity index (χ0) is 15.4. The highest BCUT2D eigenvalue weighted by Crippen LogP contribution is 2.17. The number of aromatic nitrogens is 3. The van der Waals surface area contributed by atoms with E-state index in [0.29, 0.717) is 12.0 Å². The first-order chi connectivity index (χ1) is 10.8. The summed E-state index contributed by atoms with van der Waals surface area (Å²) in [4.78, 5) is 11.2. The second-order valence-corrected chi connectivity index (χ2v) is 4.89. The van der Waals surface area contributed by atoms with Crippen LogP contribution in [0, 0.1) is 6.92 Å². The van der Waals surface area contributed by atoms with Gasteiger partial charge in [0, 0.05) is 0 Å². The minimum Gasteiger partial charge on any atom is -0.487 e. The maximum Gasteiger partial charge on any atom is 0.172 e. The van der Waals surface area contributed by atoms with E-state index in [0.717, 1.165) is 17.0 Å². The maximum absolute atomic E-state index is 11.2. The fraction of sp³-hybridized carbons (Fsp3) is 0.118. The minimum absolute atomic E-state index is 0.221. The van der Waals surface area contributed by atoms with Crippen LogP contribution in [0.2, 0.25) is 0 Å². The average molecular weight is 293 g/mol. The third-order valence-corrected chi connectivity index (χ3v) is 3.27. The molecule has 5 heteroatoms. The second kappa shape index (κ2) is 6.22. The predicted molar refractivity (Wildman–Crippen MR) is 82.3 cm³/mol. The highest BCUT2D eigenvalue weighted by molar-refractivity contribution is 5.73. The van der Waals surface area contributed by atoms with E-state index in [9.17, 15) is 4.79 Å². The highest BCUT2D eigenvalue weighted by Gasteiger charge is 2.14. The Labute approximate surface area is 128 Å². The van der Waals surface area contributed by atoms with E-state index in [4.69, 9.17) is 4.74 Å². The van der Waals surface area contributed by atoms with E-state index in [1.165, 1.54) is 0 Å². The topological polar surface area (TPSA) is 57.0 Å². The average Bonchev–Trinajstić information content (AvgIpc) is 2.97. The lowest BCUT2D eigenvalue weighted by Crippen LogP contribution is -2.07. The number of hydrogen-bond acceptors (Lipinski definition) is 4. The van der Waals surface area contributed by atoms with E-state index < -0.39 is 0 Å². The molecule has 5 nitrogen and oxygen atoms in total. The molecule has 2 aromatic carbocycles. The third-order valence-electron chi connectivity index (χ3n) is 3.27. The molecule has 0 aliphatic heterocycles. The van der Waals surface area contributed by atoms with E-state index in [-0.39, 0.29) is 12.3 Å². The van der Waals surface area contributed by atoms with Gasteiger partial charge in [-0.2, -0.15) is 0 Å². The Bertz CT molecular complexity index is 782. The summed E-state index contributed by atoms with van der Waals surface area (Å²) >= 11 is 0. The number of ether oxygens (including phenoxy) is 1. The molecule has 0 saturated heterocycles. The van der Waals surface area contributed by atoms with Crippen LogP contribution in [0.5, 0.6) is 5.75 Å². The molecule has 3 aromatic rings. The molecule has 0 bridgehead atoms. The summed E-state index contributed by atoms with van der Waals surface area (Å²) in [6, 6.07) is 17.3. The number of para-hydroxylation sites is 1. The Morgan fingerprint density at radius 2 is 1.95 bits per heavy atom. The summed E-state index contributed by atoms with van der Waals surface area (Å²) in [6.07, 6.45) is 0.697. The second-order valence-electron chi connectivity index (χ2n) is 4.89. The summed E-state index contributed by atoms with van der Waals surface area (Å²) in [5.74, 6) is 0.733. The molecule has 0 amide bonds. The first-order valence-electron chi connectivity index (χ1n) is 6.92. The van der Waals surface area contributed by atoms with Crippen molar-refractivity contribution in [2.75, 3.05) is 0 Å². The van der Waals surface area contributed by atoms with Crippen LogP contribution in [-0.4, -0.2) is 21.3 Å². The Morgan fingerprint density at radius 1 is 1.14 bits per heavy atom. The van der Waals surface area contributed by atoms with Crippen molar-refractivity contribution in [3.8, 4) is 11.4 Å². The molecule has 1 aromatic heterocycles. The summed E-state index contributed by atoms with van der Waals surface area (Å²) in [5.41, 5.74) is 2.88. The number of carbonyl (C=O) groups is 1. The molecule has 110 valence electrons. The Kier molecular flexibility index (Phi) is 3.96. The molecule has 22 heavy (non-hydrogen) atoms. The van der Waals surface area contributed by atoms with Crippen LogP contribution in [-0.2, 0) is 6.61 Å². The zero-order valence-corrected chi connectivity index (χ0v) is 12.1. The molecular weight excluding hydrogens is 278 g/mol. The van der Waals surface area contributed by atoms with Gasteiger partial charge in [-0.1, -0.05) is 35.5 Å². The smallest absolute Gasteiger partial charge is 0.172 e. The van der Waals surface area contributed by atoms with E-state index in [2.05, 4.69) is 10.3 Å². The molecule has 0 spiro atoms. The fourth-order valence-corrected chi connectivity index (χ4v) is 2.18. The summed E-state index contributed by atoms with van der Waals surface area (Å²) in [6.45, 7) is 2.22. The first kappa shape index (κ1) is 14.0. The van der Waals surface area contributed by atoms with E-state index >= 15 is 0 Å². The number of hydrogen-bond donors (Lipinski definition) is 0. The zero-order valence-electron chi connectivity index (χ0n) is 12.1. The Balaban J connectivity index is 1.92. The van der Waals surface area contributed by atoms with Crippen molar-refractivity contribution in [2.45, 2.75) is 13.5 Å². The number of nitrogens with zero attached hydrogens (tertiary/aromatic N) is 3. The molecule has 0 N–H and O–H groups in total. The quantitative estimate of drug-likeness (QED) is 0.679. The summed E-state index contributed by atoms with van der Waals surface area (Å²) in [5, 5.41) is 7.98. The van der Waals surface area contributed by atoms with Gasteiger partial charge >= 0.3 is 0 Å². The standard InChI is InChI=1S/C17H15N3O2/c1-13-6-5-7-14(10-13)20-17(16(11-21)18-19-20)12-22-15-8-3-2-4-9-15/h2-11H,12H2,1H3. The van der Waals surface area contributed by atoms with Crippen molar-refractivity contribution in [1.29, 1.82) is 0 Å².